The molecule has 1 aromatic carbocycles. The van der Waals surface area contributed by atoms with Crippen LogP contribution in [0.15, 0.2) is 47.4 Å². The fraction of sp³-hybridized carbons (Fsp3) is 0.316. The zero-order chi connectivity index (χ0) is 18.1. The summed E-state index contributed by atoms with van der Waals surface area (Å²) in [5.74, 6) is -0.330. The minimum Gasteiger partial charge on any atom is -0.466 e. The maximum atomic E-state index is 12.4. The zero-order valence-corrected chi connectivity index (χ0v) is 15.8. The summed E-state index contributed by atoms with van der Waals surface area (Å²) in [6.45, 7) is 2.83. The maximum Gasteiger partial charge on any atom is 0.305 e. The van der Waals surface area contributed by atoms with Crippen LogP contribution in [-0.2, 0) is 14.3 Å². The number of carbonyl (C=O) groups is 2. The number of rotatable bonds is 8. The van der Waals surface area contributed by atoms with Gasteiger partial charge in [0.15, 0.2) is 0 Å². The standard InChI is InChI=1S/C19H21NO3S2/c1-2-14-23-17(21)12-7-13-20-18(22)16(25-19(20)24)11-6-10-15-8-4-3-5-9-15/h3-6,8-11H,2,7,12-14H2,1H3/b10-6+,16-11-. The molecule has 0 radical (unpaired) electrons. The Morgan fingerprint density at radius 3 is 2.80 bits per heavy atom. The van der Waals surface area contributed by atoms with Crippen molar-refractivity contribution in [1.82, 2.24) is 4.90 Å². The number of allylic oxidation sites excluding steroid dienone is 2. The number of nitrogens with zero attached hydrogens (tertiary/aromatic N) is 1. The summed E-state index contributed by atoms with van der Waals surface area (Å²) < 4.78 is 5.56. The van der Waals surface area contributed by atoms with Gasteiger partial charge in [-0.2, -0.15) is 0 Å². The molecule has 1 aromatic rings. The Balaban J connectivity index is 1.85. The molecule has 1 fully saturated rings. The summed E-state index contributed by atoms with van der Waals surface area (Å²) in [4.78, 5) is 26.1. The fourth-order valence-corrected chi connectivity index (χ4v) is 3.45. The lowest BCUT2D eigenvalue weighted by atomic mass is 10.2. The summed E-state index contributed by atoms with van der Waals surface area (Å²) >= 11 is 6.57. The molecule has 0 unspecified atom stereocenters. The van der Waals surface area contributed by atoms with Crippen molar-refractivity contribution in [2.75, 3.05) is 13.2 Å². The highest BCUT2D eigenvalue weighted by Gasteiger charge is 2.31. The summed E-state index contributed by atoms with van der Waals surface area (Å²) in [6.07, 6.45) is 7.22. The molecule has 0 aromatic heterocycles. The second-order valence-electron chi connectivity index (χ2n) is 5.45. The van der Waals surface area contributed by atoms with E-state index in [9.17, 15) is 9.59 Å². The molecule has 0 spiro atoms. The van der Waals surface area contributed by atoms with E-state index in [2.05, 4.69) is 0 Å². The number of hydrogen-bond acceptors (Lipinski definition) is 5. The highest BCUT2D eigenvalue weighted by molar-refractivity contribution is 8.26. The van der Waals surface area contributed by atoms with E-state index >= 15 is 0 Å². The third-order valence-corrected chi connectivity index (χ3v) is 4.84. The van der Waals surface area contributed by atoms with E-state index in [-0.39, 0.29) is 11.9 Å². The second-order valence-corrected chi connectivity index (χ2v) is 7.13. The average molecular weight is 376 g/mol. The van der Waals surface area contributed by atoms with Gasteiger partial charge in [0, 0.05) is 13.0 Å². The first-order chi connectivity index (χ1) is 12.1. The maximum absolute atomic E-state index is 12.4. The lowest BCUT2D eigenvalue weighted by molar-refractivity contribution is -0.144. The van der Waals surface area contributed by atoms with E-state index in [1.807, 2.05) is 49.4 Å². The van der Waals surface area contributed by atoms with Crippen molar-refractivity contribution >= 4 is 46.3 Å². The van der Waals surface area contributed by atoms with Crippen molar-refractivity contribution in [3.8, 4) is 0 Å². The molecule has 132 valence electrons. The van der Waals surface area contributed by atoms with Crippen LogP contribution in [0.4, 0.5) is 0 Å². The van der Waals surface area contributed by atoms with Crippen molar-refractivity contribution < 1.29 is 14.3 Å². The van der Waals surface area contributed by atoms with Crippen molar-refractivity contribution in [2.24, 2.45) is 0 Å². The van der Waals surface area contributed by atoms with E-state index < -0.39 is 0 Å². The molecule has 0 aliphatic carbocycles. The summed E-state index contributed by atoms with van der Waals surface area (Å²) in [6, 6.07) is 9.87. The van der Waals surface area contributed by atoms with Gasteiger partial charge in [0.2, 0.25) is 0 Å². The predicted octanol–water partition coefficient (Wildman–Crippen LogP) is 4.18. The van der Waals surface area contributed by atoms with E-state index in [1.165, 1.54) is 11.8 Å². The third-order valence-electron chi connectivity index (χ3n) is 3.44. The first kappa shape index (κ1) is 19.4. The predicted molar refractivity (Wildman–Crippen MR) is 106 cm³/mol. The molecule has 1 aliphatic rings. The minimum atomic E-state index is -0.228. The van der Waals surface area contributed by atoms with Crippen LogP contribution in [0.2, 0.25) is 0 Å². The quantitative estimate of drug-likeness (QED) is 0.388. The first-order valence-corrected chi connectivity index (χ1v) is 9.47. The summed E-state index contributed by atoms with van der Waals surface area (Å²) in [5.41, 5.74) is 1.07. The molecule has 1 amide bonds. The zero-order valence-electron chi connectivity index (χ0n) is 14.1. The van der Waals surface area contributed by atoms with Gasteiger partial charge >= 0.3 is 5.97 Å². The van der Waals surface area contributed by atoms with Crippen LogP contribution >= 0.6 is 24.0 Å². The average Bonchev–Trinajstić information content (AvgIpc) is 2.88. The number of amides is 1. The van der Waals surface area contributed by atoms with Gasteiger partial charge in [0.25, 0.3) is 5.91 Å². The van der Waals surface area contributed by atoms with Crippen molar-refractivity contribution in [1.29, 1.82) is 0 Å². The molecule has 1 heterocycles. The third kappa shape index (κ3) is 6.14. The van der Waals surface area contributed by atoms with E-state index in [0.29, 0.717) is 35.2 Å². The Bertz CT molecular complexity index is 683. The van der Waals surface area contributed by atoms with Crippen molar-refractivity contribution in [2.45, 2.75) is 26.2 Å². The number of thiocarbonyl (C=S) groups is 1. The Kier molecular flexibility index (Phi) is 7.88. The van der Waals surface area contributed by atoms with Gasteiger partial charge in [-0.25, -0.2) is 0 Å². The smallest absolute Gasteiger partial charge is 0.305 e. The first-order valence-electron chi connectivity index (χ1n) is 8.24. The van der Waals surface area contributed by atoms with Crippen LogP contribution in [0.1, 0.15) is 31.7 Å². The summed E-state index contributed by atoms with van der Waals surface area (Å²) in [5, 5.41) is 0. The molecule has 0 N–H and O–H groups in total. The lowest BCUT2D eigenvalue weighted by Gasteiger charge is -2.13. The van der Waals surface area contributed by atoms with Crippen LogP contribution in [0, 0.1) is 0 Å². The molecule has 6 heteroatoms. The van der Waals surface area contributed by atoms with Crippen LogP contribution in [-0.4, -0.2) is 34.2 Å². The van der Waals surface area contributed by atoms with Gasteiger partial charge in [-0.15, -0.1) is 0 Å². The molecule has 1 aliphatic heterocycles. The Morgan fingerprint density at radius 1 is 1.32 bits per heavy atom. The van der Waals surface area contributed by atoms with E-state index in [0.717, 1.165) is 12.0 Å². The number of carbonyl (C=O) groups excluding carboxylic acids is 2. The van der Waals surface area contributed by atoms with Gasteiger partial charge in [0.1, 0.15) is 4.32 Å². The Hall–Kier alpha value is -1.92. The van der Waals surface area contributed by atoms with E-state index in [1.54, 1.807) is 11.0 Å². The van der Waals surface area contributed by atoms with Gasteiger partial charge in [0.05, 0.1) is 11.5 Å². The van der Waals surface area contributed by atoms with Gasteiger partial charge in [-0.05, 0) is 24.5 Å². The molecule has 2 rings (SSSR count). The monoisotopic (exact) mass is 375 g/mol. The number of hydrogen-bond donors (Lipinski definition) is 0. The molecule has 0 atom stereocenters. The van der Waals surface area contributed by atoms with Crippen molar-refractivity contribution in [3.05, 3.63) is 53.0 Å². The molecule has 25 heavy (non-hydrogen) atoms. The molecular formula is C19H21NO3S2. The van der Waals surface area contributed by atoms with Crippen LogP contribution in [0.3, 0.4) is 0 Å². The second kappa shape index (κ2) is 10.2. The van der Waals surface area contributed by atoms with E-state index in [4.69, 9.17) is 17.0 Å². The van der Waals surface area contributed by atoms with Gasteiger partial charge < -0.3 is 4.74 Å². The molecule has 0 saturated carbocycles. The van der Waals surface area contributed by atoms with Crippen molar-refractivity contribution in [3.63, 3.8) is 0 Å². The van der Waals surface area contributed by atoms with Gasteiger partial charge in [-0.1, -0.05) is 73.4 Å². The minimum absolute atomic E-state index is 0.102. The normalized spacial score (nSPS) is 16.2. The number of esters is 1. The number of benzene rings is 1. The SMILES string of the molecule is CCCOC(=O)CCCN1C(=O)/C(=C/C=C/c2ccccc2)SC1=S. The topological polar surface area (TPSA) is 46.6 Å². The largest absolute Gasteiger partial charge is 0.466 e. The van der Waals surface area contributed by atoms with Crippen LogP contribution in [0.25, 0.3) is 6.08 Å². The molecule has 0 bridgehead atoms. The molecule has 4 nitrogen and oxygen atoms in total. The summed E-state index contributed by atoms with van der Waals surface area (Å²) in [7, 11) is 0. The van der Waals surface area contributed by atoms with Crippen LogP contribution in [0.5, 0.6) is 0 Å². The molecular weight excluding hydrogens is 354 g/mol. The Morgan fingerprint density at radius 2 is 2.08 bits per heavy atom. The lowest BCUT2D eigenvalue weighted by Crippen LogP contribution is -2.29. The number of thioether (sulfide) groups is 1. The highest BCUT2D eigenvalue weighted by Crippen LogP contribution is 2.31. The fourth-order valence-electron chi connectivity index (χ4n) is 2.19. The Labute approximate surface area is 157 Å². The van der Waals surface area contributed by atoms with Gasteiger partial charge in [-0.3, -0.25) is 14.5 Å². The van der Waals surface area contributed by atoms with Crippen LogP contribution < -0.4 is 0 Å². The molecule has 1 saturated heterocycles. The highest BCUT2D eigenvalue weighted by atomic mass is 32.2. The number of ether oxygens (including phenoxy) is 1.